The maximum atomic E-state index is 11.9. The first-order valence-corrected chi connectivity index (χ1v) is 8.93. The molecule has 152 valence electrons. The van der Waals surface area contributed by atoms with Crippen molar-refractivity contribution in [2.75, 3.05) is 25.1 Å². The first-order chi connectivity index (χ1) is 14.0. The third-order valence-corrected chi connectivity index (χ3v) is 3.60. The molecule has 8 nitrogen and oxygen atoms in total. The van der Waals surface area contributed by atoms with Crippen LogP contribution in [0.5, 0.6) is 5.75 Å². The molecule has 0 saturated carbocycles. The Labute approximate surface area is 167 Å². The van der Waals surface area contributed by atoms with E-state index in [2.05, 4.69) is 5.32 Å². The number of amides is 1. The van der Waals surface area contributed by atoms with Gasteiger partial charge in [0.2, 0.25) is 0 Å². The second-order valence-electron chi connectivity index (χ2n) is 5.87. The van der Waals surface area contributed by atoms with Crippen LogP contribution in [-0.2, 0) is 19.1 Å². The van der Waals surface area contributed by atoms with Crippen molar-refractivity contribution < 1.29 is 33.4 Å². The highest BCUT2D eigenvalue weighted by molar-refractivity contribution is 5.94. The van der Waals surface area contributed by atoms with Crippen LogP contribution >= 0.6 is 0 Å². The van der Waals surface area contributed by atoms with E-state index in [0.29, 0.717) is 29.7 Å². The number of aldehydes is 1. The maximum absolute atomic E-state index is 11.9. The summed E-state index contributed by atoms with van der Waals surface area (Å²) < 4.78 is 15.1. The van der Waals surface area contributed by atoms with Gasteiger partial charge in [-0.1, -0.05) is 19.1 Å². The van der Waals surface area contributed by atoms with E-state index in [9.17, 15) is 19.2 Å². The third kappa shape index (κ3) is 7.10. The minimum absolute atomic E-state index is 0.251. The van der Waals surface area contributed by atoms with Crippen LogP contribution in [0.2, 0.25) is 0 Å². The molecule has 0 unspecified atom stereocenters. The van der Waals surface area contributed by atoms with E-state index in [0.717, 1.165) is 6.42 Å². The quantitative estimate of drug-likeness (QED) is 0.483. The van der Waals surface area contributed by atoms with Crippen molar-refractivity contribution in [3.05, 3.63) is 59.7 Å². The van der Waals surface area contributed by atoms with Crippen molar-refractivity contribution >= 4 is 29.8 Å². The molecule has 0 bridgehead atoms. The Morgan fingerprint density at radius 1 is 0.966 bits per heavy atom. The summed E-state index contributed by atoms with van der Waals surface area (Å²) in [5.41, 5.74) is 1.12. The molecule has 1 N–H and O–H groups in total. The first-order valence-electron chi connectivity index (χ1n) is 8.93. The average Bonchev–Trinajstić information content (AvgIpc) is 2.75. The van der Waals surface area contributed by atoms with Gasteiger partial charge in [-0.25, -0.2) is 9.59 Å². The summed E-state index contributed by atoms with van der Waals surface area (Å²) in [7, 11) is 0. The van der Waals surface area contributed by atoms with Gasteiger partial charge in [0.05, 0.1) is 17.7 Å². The summed E-state index contributed by atoms with van der Waals surface area (Å²) in [6.07, 6.45) is 1.34. The van der Waals surface area contributed by atoms with Crippen molar-refractivity contribution in [2.24, 2.45) is 0 Å². The Balaban J connectivity index is 1.75. The van der Waals surface area contributed by atoms with E-state index in [1.54, 1.807) is 36.4 Å². The number of hydrogen-bond acceptors (Lipinski definition) is 7. The molecule has 0 radical (unpaired) electrons. The van der Waals surface area contributed by atoms with Crippen LogP contribution in [0, 0.1) is 0 Å². The van der Waals surface area contributed by atoms with Gasteiger partial charge in [0.1, 0.15) is 5.75 Å². The fraction of sp³-hybridized carbons (Fsp3) is 0.238. The molecule has 0 atom stereocenters. The molecule has 0 aliphatic carbocycles. The molecule has 0 aliphatic rings. The number of benzene rings is 2. The van der Waals surface area contributed by atoms with Gasteiger partial charge in [-0.3, -0.25) is 9.59 Å². The van der Waals surface area contributed by atoms with Crippen LogP contribution in [0.25, 0.3) is 0 Å². The third-order valence-electron chi connectivity index (χ3n) is 3.60. The van der Waals surface area contributed by atoms with Gasteiger partial charge in [-0.2, -0.15) is 0 Å². The second kappa shape index (κ2) is 11.2. The molecule has 2 rings (SSSR count). The van der Waals surface area contributed by atoms with Crippen molar-refractivity contribution in [3.63, 3.8) is 0 Å². The van der Waals surface area contributed by atoms with E-state index in [1.807, 2.05) is 6.92 Å². The zero-order chi connectivity index (χ0) is 21.1. The lowest BCUT2D eigenvalue weighted by atomic mass is 10.2. The van der Waals surface area contributed by atoms with Gasteiger partial charge in [-0.05, 0) is 42.8 Å². The van der Waals surface area contributed by atoms with Crippen LogP contribution < -0.4 is 10.1 Å². The Kier molecular flexibility index (Phi) is 8.37. The van der Waals surface area contributed by atoms with Gasteiger partial charge in [0, 0.05) is 5.69 Å². The van der Waals surface area contributed by atoms with Crippen LogP contribution in [0.3, 0.4) is 0 Å². The molecule has 8 heteroatoms. The summed E-state index contributed by atoms with van der Waals surface area (Å²) >= 11 is 0. The predicted octanol–water partition coefficient (Wildman–Crippen LogP) is 2.63. The Morgan fingerprint density at radius 3 is 2.38 bits per heavy atom. The zero-order valence-corrected chi connectivity index (χ0v) is 15.9. The van der Waals surface area contributed by atoms with Gasteiger partial charge < -0.3 is 19.5 Å². The highest BCUT2D eigenvalue weighted by atomic mass is 16.6. The summed E-state index contributed by atoms with van der Waals surface area (Å²) in [6.45, 7) is 1.30. The highest BCUT2D eigenvalue weighted by Crippen LogP contribution is 2.15. The first kappa shape index (κ1) is 21.6. The van der Waals surface area contributed by atoms with E-state index >= 15 is 0 Å². The van der Waals surface area contributed by atoms with Crippen LogP contribution in [0.15, 0.2) is 48.5 Å². The number of hydrogen-bond donors (Lipinski definition) is 1. The topological polar surface area (TPSA) is 108 Å². The summed E-state index contributed by atoms with van der Waals surface area (Å²) in [6, 6.07) is 12.6. The molecular weight excluding hydrogens is 378 g/mol. The molecule has 0 saturated heterocycles. The minimum Gasteiger partial charge on any atom is -0.481 e. The lowest BCUT2D eigenvalue weighted by Crippen LogP contribution is -2.23. The summed E-state index contributed by atoms with van der Waals surface area (Å²) in [5, 5.41) is 2.54. The van der Waals surface area contributed by atoms with Crippen LogP contribution in [-0.4, -0.2) is 44.0 Å². The molecule has 0 fully saturated rings. The molecule has 2 aromatic carbocycles. The van der Waals surface area contributed by atoms with Gasteiger partial charge in [0.15, 0.2) is 19.5 Å². The second-order valence-corrected chi connectivity index (χ2v) is 5.87. The monoisotopic (exact) mass is 399 g/mol. The van der Waals surface area contributed by atoms with E-state index in [4.69, 9.17) is 14.2 Å². The van der Waals surface area contributed by atoms with Crippen molar-refractivity contribution in [1.29, 1.82) is 0 Å². The number of para-hydroxylation sites is 1. The SMILES string of the molecule is CCCOC(=O)c1ccc(NC(=O)COC(=O)COc2ccccc2C=O)cc1. The Morgan fingerprint density at radius 2 is 1.69 bits per heavy atom. The number of carbonyl (C=O) groups is 4. The maximum Gasteiger partial charge on any atom is 0.344 e. The summed E-state index contributed by atoms with van der Waals surface area (Å²) in [4.78, 5) is 46.2. The number of anilines is 1. The number of ether oxygens (including phenoxy) is 3. The zero-order valence-electron chi connectivity index (χ0n) is 15.9. The van der Waals surface area contributed by atoms with Crippen LogP contribution in [0.4, 0.5) is 5.69 Å². The van der Waals surface area contributed by atoms with E-state index < -0.39 is 31.1 Å². The predicted molar refractivity (Wildman–Crippen MR) is 104 cm³/mol. The lowest BCUT2D eigenvalue weighted by molar-refractivity contribution is -0.149. The Bertz CT molecular complexity index is 862. The molecule has 29 heavy (non-hydrogen) atoms. The van der Waals surface area contributed by atoms with Crippen molar-refractivity contribution in [3.8, 4) is 5.75 Å². The standard InChI is InChI=1S/C21H21NO7/c1-2-11-27-21(26)15-7-9-17(10-8-15)22-19(24)13-29-20(25)14-28-18-6-4-3-5-16(18)12-23/h3-10,12H,2,11,13-14H2,1H3,(H,22,24). The number of carbonyl (C=O) groups excluding carboxylic acids is 4. The minimum atomic E-state index is -0.755. The lowest BCUT2D eigenvalue weighted by Gasteiger charge is -2.09. The molecule has 0 spiro atoms. The summed E-state index contributed by atoms with van der Waals surface area (Å²) in [5.74, 6) is -1.49. The molecule has 2 aromatic rings. The smallest absolute Gasteiger partial charge is 0.344 e. The molecule has 0 aliphatic heterocycles. The molecule has 0 heterocycles. The van der Waals surface area contributed by atoms with Crippen molar-refractivity contribution in [2.45, 2.75) is 13.3 Å². The fourth-order valence-electron chi connectivity index (χ4n) is 2.20. The number of esters is 2. The van der Waals surface area contributed by atoms with Crippen LogP contribution in [0.1, 0.15) is 34.1 Å². The van der Waals surface area contributed by atoms with E-state index in [1.165, 1.54) is 12.1 Å². The van der Waals surface area contributed by atoms with Gasteiger partial charge in [-0.15, -0.1) is 0 Å². The normalized spacial score (nSPS) is 9.97. The molecule has 0 aromatic heterocycles. The largest absolute Gasteiger partial charge is 0.481 e. The number of rotatable bonds is 10. The van der Waals surface area contributed by atoms with Gasteiger partial charge >= 0.3 is 11.9 Å². The highest BCUT2D eigenvalue weighted by Gasteiger charge is 2.11. The average molecular weight is 399 g/mol. The number of nitrogens with one attached hydrogen (secondary N) is 1. The Hall–Kier alpha value is -3.68. The van der Waals surface area contributed by atoms with Crippen molar-refractivity contribution in [1.82, 2.24) is 0 Å². The molecular formula is C21H21NO7. The van der Waals surface area contributed by atoms with Gasteiger partial charge in [0.25, 0.3) is 5.91 Å². The fourth-order valence-corrected chi connectivity index (χ4v) is 2.20. The molecule has 1 amide bonds. The van der Waals surface area contributed by atoms with E-state index in [-0.39, 0.29) is 5.75 Å².